The maximum Gasteiger partial charge on any atom is 0.416 e. The van der Waals surface area contributed by atoms with E-state index in [1.807, 2.05) is 18.2 Å². The van der Waals surface area contributed by atoms with Gasteiger partial charge in [-0.1, -0.05) is 37.3 Å². The molecule has 0 spiro atoms. The van der Waals surface area contributed by atoms with Crippen LogP contribution < -0.4 is 5.32 Å². The summed E-state index contributed by atoms with van der Waals surface area (Å²) in [5.74, 6) is 0.243. The van der Waals surface area contributed by atoms with Gasteiger partial charge in [-0.3, -0.25) is 4.90 Å². The van der Waals surface area contributed by atoms with Gasteiger partial charge in [-0.25, -0.2) is 4.79 Å². The zero-order valence-electron chi connectivity index (χ0n) is 18.5. The van der Waals surface area contributed by atoms with Gasteiger partial charge in [0, 0.05) is 44.7 Å². The van der Waals surface area contributed by atoms with E-state index in [1.54, 1.807) is 4.90 Å². The Balaban J connectivity index is 1.37. The standard InChI is InChI=1S/C24H25F6N3O/c1-22-14-32(11-16-5-3-2-4-6-16)12-20(22)13-33(15-22)21(34)31-10-17-7-18(23(25,26)27)9-19(8-17)24(28,29)30/h2-9,20H,10-15H2,1H3,(H,31,34)/t20-,22+/m0/s1. The van der Waals surface area contributed by atoms with Crippen LogP contribution in [-0.4, -0.2) is 42.0 Å². The van der Waals surface area contributed by atoms with Crippen molar-refractivity contribution in [3.8, 4) is 0 Å². The number of nitrogens with one attached hydrogen (secondary N) is 1. The molecule has 2 aromatic carbocycles. The number of amides is 2. The number of benzene rings is 2. The normalized spacial score (nSPS) is 23.3. The van der Waals surface area contributed by atoms with E-state index in [4.69, 9.17) is 0 Å². The number of carbonyl (C=O) groups excluding carboxylic acids is 1. The highest BCUT2D eigenvalue weighted by molar-refractivity contribution is 5.74. The highest BCUT2D eigenvalue weighted by atomic mass is 19.4. The van der Waals surface area contributed by atoms with Crippen LogP contribution in [0.25, 0.3) is 0 Å². The van der Waals surface area contributed by atoms with Crippen LogP contribution in [-0.2, 0) is 25.4 Å². The molecule has 2 aromatic rings. The molecule has 34 heavy (non-hydrogen) atoms. The maximum absolute atomic E-state index is 13.1. The number of alkyl halides is 6. The van der Waals surface area contributed by atoms with Crippen LogP contribution in [0.5, 0.6) is 0 Å². The fraction of sp³-hybridized carbons (Fsp3) is 0.458. The molecule has 2 saturated heterocycles. The highest BCUT2D eigenvalue weighted by Crippen LogP contribution is 2.42. The Kier molecular flexibility index (Phi) is 6.30. The summed E-state index contributed by atoms with van der Waals surface area (Å²) < 4.78 is 78.3. The summed E-state index contributed by atoms with van der Waals surface area (Å²) in [6.07, 6.45) is -9.85. The van der Waals surface area contributed by atoms with Gasteiger partial charge in [-0.15, -0.1) is 0 Å². The van der Waals surface area contributed by atoms with Crippen LogP contribution in [0, 0.1) is 11.3 Å². The average molecular weight is 485 g/mol. The van der Waals surface area contributed by atoms with Gasteiger partial charge in [0.05, 0.1) is 11.1 Å². The van der Waals surface area contributed by atoms with Crippen LogP contribution in [0.4, 0.5) is 31.1 Å². The van der Waals surface area contributed by atoms with Crippen LogP contribution in [0.1, 0.15) is 29.2 Å². The Hall–Kier alpha value is -2.75. The first-order valence-corrected chi connectivity index (χ1v) is 10.9. The lowest BCUT2D eigenvalue weighted by molar-refractivity contribution is -0.143. The van der Waals surface area contributed by atoms with E-state index in [2.05, 4.69) is 29.3 Å². The zero-order chi connectivity index (χ0) is 24.7. The highest BCUT2D eigenvalue weighted by Gasteiger charge is 2.50. The second-order valence-electron chi connectivity index (χ2n) is 9.46. The number of halogens is 6. The number of carbonyl (C=O) groups is 1. The van der Waals surface area contributed by atoms with Gasteiger partial charge in [0.2, 0.25) is 0 Å². The van der Waals surface area contributed by atoms with Gasteiger partial charge in [-0.2, -0.15) is 26.3 Å². The topological polar surface area (TPSA) is 35.6 Å². The summed E-state index contributed by atoms with van der Waals surface area (Å²) in [6, 6.07) is 10.9. The van der Waals surface area contributed by atoms with Gasteiger partial charge >= 0.3 is 18.4 Å². The van der Waals surface area contributed by atoms with Crippen molar-refractivity contribution >= 4 is 6.03 Å². The number of hydrogen-bond donors (Lipinski definition) is 1. The van der Waals surface area contributed by atoms with E-state index in [1.165, 1.54) is 5.56 Å². The minimum Gasteiger partial charge on any atom is -0.334 e. The fourth-order valence-corrected chi connectivity index (χ4v) is 4.99. The molecule has 0 saturated carbocycles. The first-order chi connectivity index (χ1) is 15.8. The third-order valence-corrected chi connectivity index (χ3v) is 6.67. The molecule has 2 atom stereocenters. The summed E-state index contributed by atoms with van der Waals surface area (Å²) >= 11 is 0. The SMILES string of the molecule is C[C@]12CN(Cc3ccccc3)C[C@H]1CN(C(=O)NCc1cc(C(F)(F)F)cc(C(F)(F)F)c1)C2. The quantitative estimate of drug-likeness (QED) is 0.590. The monoisotopic (exact) mass is 485 g/mol. The van der Waals surface area contributed by atoms with Crippen molar-refractivity contribution in [1.29, 1.82) is 0 Å². The first-order valence-electron chi connectivity index (χ1n) is 10.9. The molecule has 2 heterocycles. The molecular weight excluding hydrogens is 460 g/mol. The van der Waals surface area contributed by atoms with E-state index in [-0.39, 0.29) is 23.0 Å². The first kappa shape index (κ1) is 24.4. The van der Waals surface area contributed by atoms with Crippen molar-refractivity contribution in [3.05, 3.63) is 70.8 Å². The lowest BCUT2D eigenvalue weighted by Crippen LogP contribution is -2.41. The molecule has 184 valence electrons. The number of rotatable bonds is 4. The number of likely N-dealkylation sites (tertiary alicyclic amines) is 2. The summed E-state index contributed by atoms with van der Waals surface area (Å²) in [4.78, 5) is 16.6. The minimum atomic E-state index is -4.92. The Labute approximate surface area is 193 Å². The Morgan fingerprint density at radius 1 is 0.941 bits per heavy atom. The molecule has 10 heteroatoms. The maximum atomic E-state index is 13.1. The van der Waals surface area contributed by atoms with E-state index < -0.39 is 36.1 Å². The molecule has 4 rings (SSSR count). The van der Waals surface area contributed by atoms with Crippen molar-refractivity contribution in [3.63, 3.8) is 0 Å². The minimum absolute atomic E-state index is 0.0784. The van der Waals surface area contributed by atoms with E-state index in [0.717, 1.165) is 19.6 Å². The third-order valence-electron chi connectivity index (χ3n) is 6.67. The molecule has 2 aliphatic heterocycles. The number of urea groups is 1. The third kappa shape index (κ3) is 5.32. The van der Waals surface area contributed by atoms with Crippen LogP contribution in [0.15, 0.2) is 48.5 Å². The van der Waals surface area contributed by atoms with Crippen molar-refractivity contribution in [1.82, 2.24) is 15.1 Å². The average Bonchev–Trinajstić information content (AvgIpc) is 3.22. The molecule has 0 aliphatic carbocycles. The zero-order valence-corrected chi connectivity index (χ0v) is 18.5. The Morgan fingerprint density at radius 3 is 2.12 bits per heavy atom. The van der Waals surface area contributed by atoms with Gasteiger partial charge in [-0.05, 0) is 35.2 Å². The lowest BCUT2D eigenvalue weighted by Gasteiger charge is -2.25. The van der Waals surface area contributed by atoms with Crippen LogP contribution >= 0.6 is 0 Å². The smallest absolute Gasteiger partial charge is 0.334 e. The molecule has 4 nitrogen and oxygen atoms in total. The molecule has 0 aromatic heterocycles. The largest absolute Gasteiger partial charge is 0.416 e. The van der Waals surface area contributed by atoms with E-state index in [0.29, 0.717) is 25.2 Å². The molecule has 2 fully saturated rings. The molecule has 0 radical (unpaired) electrons. The summed E-state index contributed by atoms with van der Waals surface area (Å²) in [6.45, 7) is 5.09. The van der Waals surface area contributed by atoms with Crippen LogP contribution in [0.3, 0.4) is 0 Å². The number of nitrogens with zero attached hydrogens (tertiary/aromatic N) is 2. The number of fused-ring (bicyclic) bond motifs is 1. The molecule has 1 N–H and O–H groups in total. The summed E-state index contributed by atoms with van der Waals surface area (Å²) in [5.41, 5.74) is -1.96. The van der Waals surface area contributed by atoms with Crippen molar-refractivity contribution in [2.24, 2.45) is 11.3 Å². The second-order valence-corrected chi connectivity index (χ2v) is 9.46. The van der Waals surface area contributed by atoms with Crippen molar-refractivity contribution in [2.75, 3.05) is 26.2 Å². The lowest BCUT2D eigenvalue weighted by atomic mass is 9.83. The van der Waals surface area contributed by atoms with E-state index >= 15 is 0 Å². The fourth-order valence-electron chi connectivity index (χ4n) is 4.99. The predicted octanol–water partition coefficient (Wildman–Crippen LogP) is 5.39. The molecule has 0 unspecified atom stereocenters. The van der Waals surface area contributed by atoms with Crippen LogP contribution in [0.2, 0.25) is 0 Å². The van der Waals surface area contributed by atoms with Gasteiger partial charge < -0.3 is 10.2 Å². The predicted molar refractivity (Wildman–Crippen MR) is 114 cm³/mol. The molecule has 2 amide bonds. The molecular formula is C24H25F6N3O. The second kappa shape index (κ2) is 8.79. The van der Waals surface area contributed by atoms with Crippen molar-refractivity contribution in [2.45, 2.75) is 32.4 Å². The summed E-state index contributed by atoms with van der Waals surface area (Å²) in [7, 11) is 0. The van der Waals surface area contributed by atoms with Gasteiger partial charge in [0.1, 0.15) is 0 Å². The van der Waals surface area contributed by atoms with Crippen molar-refractivity contribution < 1.29 is 31.1 Å². The molecule has 0 bridgehead atoms. The van der Waals surface area contributed by atoms with Gasteiger partial charge in [0.25, 0.3) is 0 Å². The Morgan fingerprint density at radius 2 is 1.56 bits per heavy atom. The molecule has 2 aliphatic rings. The van der Waals surface area contributed by atoms with Gasteiger partial charge in [0.15, 0.2) is 0 Å². The number of hydrogen-bond acceptors (Lipinski definition) is 2. The summed E-state index contributed by atoms with van der Waals surface area (Å²) in [5, 5.41) is 2.49. The Bertz CT molecular complexity index is 1010. The van der Waals surface area contributed by atoms with E-state index in [9.17, 15) is 31.1 Å².